The molecule has 0 saturated carbocycles. The van der Waals surface area contributed by atoms with Crippen LogP contribution in [0, 0.1) is 0 Å². The fourth-order valence-corrected chi connectivity index (χ4v) is 3.02. The van der Waals surface area contributed by atoms with E-state index in [-0.39, 0.29) is 0 Å². The number of rotatable bonds is 1. The molecule has 0 aliphatic heterocycles. The lowest BCUT2D eigenvalue weighted by atomic mass is 10.0. The van der Waals surface area contributed by atoms with Crippen LogP contribution in [0.2, 0.25) is 0 Å². The normalized spacial score (nSPS) is 11.5. The Labute approximate surface area is 130 Å². The molecule has 5 nitrogen and oxygen atoms in total. The van der Waals surface area contributed by atoms with Gasteiger partial charge in [-0.3, -0.25) is 4.98 Å². The quantitative estimate of drug-likeness (QED) is 0.468. The zero-order chi connectivity index (χ0) is 15.2. The van der Waals surface area contributed by atoms with Crippen molar-refractivity contribution in [3.05, 3.63) is 60.9 Å². The molecule has 0 N–H and O–H groups in total. The Morgan fingerprint density at radius 1 is 0.870 bits per heavy atom. The fraction of sp³-hybridized carbons (Fsp3) is 0. The van der Waals surface area contributed by atoms with Crippen LogP contribution in [0.5, 0.6) is 0 Å². The molecule has 3 heterocycles. The molecule has 0 bridgehead atoms. The molecule has 3 aromatic heterocycles. The summed E-state index contributed by atoms with van der Waals surface area (Å²) in [4.78, 5) is 4.61. The monoisotopic (exact) mass is 298 g/mol. The van der Waals surface area contributed by atoms with Crippen LogP contribution < -0.4 is 0 Å². The highest BCUT2D eigenvalue weighted by molar-refractivity contribution is 6.12. The van der Waals surface area contributed by atoms with E-state index in [1.807, 2.05) is 42.6 Å². The molecule has 5 aromatic rings. The lowest BCUT2D eigenvalue weighted by Crippen LogP contribution is -1.88. The molecular weight excluding hydrogens is 288 g/mol. The molecule has 5 rings (SSSR count). The van der Waals surface area contributed by atoms with Crippen molar-refractivity contribution in [3.63, 3.8) is 0 Å². The molecular formula is C18H10N4O. The molecule has 0 atom stereocenters. The third kappa shape index (κ3) is 1.73. The van der Waals surface area contributed by atoms with Crippen molar-refractivity contribution in [2.24, 2.45) is 0 Å². The van der Waals surface area contributed by atoms with Crippen molar-refractivity contribution in [1.82, 2.24) is 20.4 Å². The smallest absolute Gasteiger partial charge is 0.175 e. The van der Waals surface area contributed by atoms with Gasteiger partial charge in [0.15, 0.2) is 5.58 Å². The average molecular weight is 298 g/mol. The number of furan rings is 1. The average Bonchev–Trinajstić information content (AvgIpc) is 3.00. The van der Waals surface area contributed by atoms with Crippen LogP contribution in [0.25, 0.3) is 44.1 Å². The molecule has 0 spiro atoms. The van der Waals surface area contributed by atoms with Gasteiger partial charge in [0.25, 0.3) is 0 Å². The summed E-state index contributed by atoms with van der Waals surface area (Å²) in [5, 5.41) is 14.9. The lowest BCUT2D eigenvalue weighted by Gasteiger charge is -2.06. The standard InChI is InChI=1S/C18H10N4O/c1-2-5-12-11(4-1)8-9-19-17(12)13-6-3-7-14-16(13)18-15(23-14)10-20-22-21-18/h1-10H. The Balaban J connectivity index is 1.96. The number of fused-ring (bicyclic) bond motifs is 4. The highest BCUT2D eigenvalue weighted by Crippen LogP contribution is 2.36. The van der Waals surface area contributed by atoms with E-state index < -0.39 is 0 Å². The van der Waals surface area contributed by atoms with Gasteiger partial charge in [-0.15, -0.1) is 10.2 Å². The number of hydrogen-bond donors (Lipinski definition) is 0. The van der Waals surface area contributed by atoms with E-state index in [2.05, 4.69) is 32.5 Å². The van der Waals surface area contributed by atoms with E-state index in [9.17, 15) is 0 Å². The minimum absolute atomic E-state index is 0.627. The molecule has 2 aromatic carbocycles. The van der Waals surface area contributed by atoms with Gasteiger partial charge in [-0.05, 0) is 22.7 Å². The molecule has 5 heteroatoms. The van der Waals surface area contributed by atoms with Crippen molar-refractivity contribution in [3.8, 4) is 11.3 Å². The zero-order valence-corrected chi connectivity index (χ0v) is 12.0. The number of aromatic nitrogens is 4. The van der Waals surface area contributed by atoms with Gasteiger partial charge >= 0.3 is 0 Å². The summed E-state index contributed by atoms with van der Waals surface area (Å²) >= 11 is 0. The first-order valence-electron chi connectivity index (χ1n) is 7.25. The van der Waals surface area contributed by atoms with Gasteiger partial charge in [-0.25, -0.2) is 0 Å². The molecule has 0 fully saturated rings. The van der Waals surface area contributed by atoms with E-state index >= 15 is 0 Å². The minimum atomic E-state index is 0.627. The van der Waals surface area contributed by atoms with E-state index in [0.29, 0.717) is 11.1 Å². The van der Waals surface area contributed by atoms with Crippen LogP contribution in [0.1, 0.15) is 0 Å². The summed E-state index contributed by atoms with van der Waals surface area (Å²) in [7, 11) is 0. The molecule has 108 valence electrons. The van der Waals surface area contributed by atoms with E-state index in [1.54, 1.807) is 6.20 Å². The van der Waals surface area contributed by atoms with E-state index in [1.165, 1.54) is 0 Å². The van der Waals surface area contributed by atoms with Crippen molar-refractivity contribution in [2.45, 2.75) is 0 Å². The summed E-state index contributed by atoms with van der Waals surface area (Å²) in [6.07, 6.45) is 3.41. The van der Waals surface area contributed by atoms with E-state index in [4.69, 9.17) is 4.42 Å². The Morgan fingerprint density at radius 3 is 2.83 bits per heavy atom. The second-order valence-electron chi connectivity index (χ2n) is 5.31. The maximum Gasteiger partial charge on any atom is 0.175 e. The Bertz CT molecular complexity index is 1170. The molecule has 0 radical (unpaired) electrons. The molecule has 0 unspecified atom stereocenters. The first-order valence-corrected chi connectivity index (χ1v) is 7.25. The fourth-order valence-electron chi connectivity index (χ4n) is 3.02. The van der Waals surface area contributed by atoms with Gasteiger partial charge in [0.1, 0.15) is 11.1 Å². The summed E-state index contributed by atoms with van der Waals surface area (Å²) in [5.74, 6) is 0. The Kier molecular flexibility index (Phi) is 2.43. The lowest BCUT2D eigenvalue weighted by molar-refractivity contribution is 0.661. The van der Waals surface area contributed by atoms with Gasteiger partial charge < -0.3 is 4.42 Å². The van der Waals surface area contributed by atoms with Crippen molar-refractivity contribution >= 4 is 32.8 Å². The third-order valence-corrected chi connectivity index (χ3v) is 4.02. The first-order chi connectivity index (χ1) is 11.4. The Morgan fingerprint density at radius 2 is 1.83 bits per heavy atom. The summed E-state index contributed by atoms with van der Waals surface area (Å²) < 4.78 is 5.83. The topological polar surface area (TPSA) is 64.7 Å². The van der Waals surface area contributed by atoms with Gasteiger partial charge in [0.05, 0.1) is 17.3 Å². The molecule has 0 aliphatic carbocycles. The summed E-state index contributed by atoms with van der Waals surface area (Å²) in [5.41, 5.74) is 3.99. The molecule has 0 aliphatic rings. The van der Waals surface area contributed by atoms with E-state index in [0.717, 1.165) is 33.0 Å². The first kappa shape index (κ1) is 12.2. The van der Waals surface area contributed by atoms with Crippen molar-refractivity contribution in [2.75, 3.05) is 0 Å². The van der Waals surface area contributed by atoms with Gasteiger partial charge in [0, 0.05) is 17.1 Å². The number of pyridine rings is 1. The maximum atomic E-state index is 5.83. The van der Waals surface area contributed by atoms with Crippen molar-refractivity contribution in [1.29, 1.82) is 0 Å². The van der Waals surface area contributed by atoms with Crippen LogP contribution in [-0.2, 0) is 0 Å². The third-order valence-electron chi connectivity index (χ3n) is 4.02. The predicted molar refractivity (Wildman–Crippen MR) is 87.8 cm³/mol. The molecule has 0 amide bonds. The van der Waals surface area contributed by atoms with Crippen LogP contribution in [0.15, 0.2) is 65.3 Å². The summed E-state index contributed by atoms with van der Waals surface area (Å²) in [6.45, 7) is 0. The maximum absolute atomic E-state index is 5.83. The molecule has 23 heavy (non-hydrogen) atoms. The summed E-state index contributed by atoms with van der Waals surface area (Å²) in [6, 6.07) is 16.1. The van der Waals surface area contributed by atoms with Crippen LogP contribution in [-0.4, -0.2) is 20.4 Å². The van der Waals surface area contributed by atoms with Crippen LogP contribution in [0.3, 0.4) is 0 Å². The minimum Gasteiger partial charge on any atom is -0.453 e. The highest BCUT2D eigenvalue weighted by atomic mass is 16.3. The second kappa shape index (κ2) is 4.58. The molecule has 0 saturated heterocycles. The number of nitrogens with zero attached hydrogens (tertiary/aromatic N) is 4. The van der Waals surface area contributed by atoms with Gasteiger partial charge in [-0.2, -0.15) is 0 Å². The Hall–Kier alpha value is -3.34. The number of hydrogen-bond acceptors (Lipinski definition) is 5. The zero-order valence-electron chi connectivity index (χ0n) is 12.0. The van der Waals surface area contributed by atoms with Gasteiger partial charge in [0.2, 0.25) is 0 Å². The predicted octanol–water partition coefficient (Wildman–Crippen LogP) is 3.99. The highest BCUT2D eigenvalue weighted by Gasteiger charge is 2.16. The SMILES string of the molecule is c1ccc2c(-c3cccc4oc5cnnnc5c34)nccc2c1. The largest absolute Gasteiger partial charge is 0.453 e. The van der Waals surface area contributed by atoms with Crippen molar-refractivity contribution < 1.29 is 4.42 Å². The van der Waals surface area contributed by atoms with Crippen LogP contribution >= 0.6 is 0 Å². The second-order valence-corrected chi connectivity index (χ2v) is 5.31. The van der Waals surface area contributed by atoms with Crippen LogP contribution in [0.4, 0.5) is 0 Å². The number of benzene rings is 2. The van der Waals surface area contributed by atoms with Gasteiger partial charge in [-0.1, -0.05) is 36.4 Å².